The number of morpholine rings is 1. The third-order valence-corrected chi connectivity index (χ3v) is 4.29. The second kappa shape index (κ2) is 7.96. The van der Waals surface area contributed by atoms with E-state index in [1.165, 1.54) is 25.7 Å². The summed E-state index contributed by atoms with van der Waals surface area (Å²) in [5.74, 6) is 0.293. The molecule has 2 aliphatic rings. The van der Waals surface area contributed by atoms with Gasteiger partial charge >= 0.3 is 0 Å². The molecule has 5 heteroatoms. The zero-order valence-electron chi connectivity index (χ0n) is 12.9. The first kappa shape index (κ1) is 15.7. The Bertz CT molecular complexity index is 297. The first-order valence-corrected chi connectivity index (χ1v) is 7.92. The smallest absolute Gasteiger partial charge is 0.224 e. The summed E-state index contributed by atoms with van der Waals surface area (Å²) >= 11 is 0. The van der Waals surface area contributed by atoms with Gasteiger partial charge in [0.1, 0.15) is 0 Å². The van der Waals surface area contributed by atoms with Crippen LogP contribution in [0.25, 0.3) is 0 Å². The quantitative estimate of drug-likeness (QED) is 0.779. The fourth-order valence-electron chi connectivity index (χ4n) is 3.11. The van der Waals surface area contributed by atoms with Crippen LogP contribution in [0.3, 0.4) is 0 Å². The molecule has 0 radical (unpaired) electrons. The number of likely N-dealkylation sites (N-methyl/N-ethyl adjacent to an activating group) is 1. The van der Waals surface area contributed by atoms with Crippen molar-refractivity contribution in [2.75, 3.05) is 46.9 Å². The van der Waals surface area contributed by atoms with Crippen LogP contribution in [0.2, 0.25) is 0 Å². The van der Waals surface area contributed by atoms with Gasteiger partial charge < -0.3 is 19.9 Å². The largest absolute Gasteiger partial charge is 0.378 e. The van der Waals surface area contributed by atoms with Crippen molar-refractivity contribution in [3.8, 4) is 0 Å². The summed E-state index contributed by atoms with van der Waals surface area (Å²) < 4.78 is 5.44. The summed E-state index contributed by atoms with van der Waals surface area (Å²) in [6.45, 7) is 4.08. The highest BCUT2D eigenvalue weighted by Gasteiger charge is 2.28. The number of carbonyl (C=O) groups is 1. The molecule has 5 nitrogen and oxygen atoms in total. The summed E-state index contributed by atoms with van der Waals surface area (Å²) in [6, 6.07) is 0.659. The van der Waals surface area contributed by atoms with Gasteiger partial charge in [-0.2, -0.15) is 0 Å². The molecule has 0 bridgehead atoms. The maximum Gasteiger partial charge on any atom is 0.224 e. The van der Waals surface area contributed by atoms with Gasteiger partial charge in [0.05, 0.1) is 13.2 Å². The molecule has 20 heavy (non-hydrogen) atoms. The van der Waals surface area contributed by atoms with E-state index in [4.69, 9.17) is 4.74 Å². The minimum Gasteiger partial charge on any atom is -0.378 e. The fraction of sp³-hybridized carbons (Fsp3) is 0.933. The zero-order valence-corrected chi connectivity index (χ0v) is 12.9. The van der Waals surface area contributed by atoms with Crippen molar-refractivity contribution in [1.82, 2.24) is 15.1 Å². The number of hydrogen-bond acceptors (Lipinski definition) is 4. The Morgan fingerprint density at radius 1 is 1.25 bits per heavy atom. The average Bonchev–Trinajstić information content (AvgIpc) is 2.93. The van der Waals surface area contributed by atoms with E-state index < -0.39 is 0 Å². The predicted molar refractivity (Wildman–Crippen MR) is 79.7 cm³/mol. The highest BCUT2D eigenvalue weighted by atomic mass is 16.5. The normalized spacial score (nSPS) is 24.2. The first-order valence-electron chi connectivity index (χ1n) is 7.92. The van der Waals surface area contributed by atoms with Crippen LogP contribution in [0.1, 0.15) is 32.1 Å². The third-order valence-electron chi connectivity index (χ3n) is 4.29. The number of nitrogens with zero attached hydrogens (tertiary/aromatic N) is 2. The summed E-state index contributed by atoms with van der Waals surface area (Å²) in [6.07, 6.45) is 5.45. The van der Waals surface area contributed by atoms with Crippen LogP contribution < -0.4 is 5.32 Å². The van der Waals surface area contributed by atoms with Gasteiger partial charge in [0, 0.05) is 38.1 Å². The summed E-state index contributed by atoms with van der Waals surface area (Å²) in [4.78, 5) is 16.9. The van der Waals surface area contributed by atoms with E-state index in [9.17, 15) is 4.79 Å². The Balaban J connectivity index is 1.87. The van der Waals surface area contributed by atoms with E-state index in [-0.39, 0.29) is 6.04 Å². The maximum absolute atomic E-state index is 12.6. The van der Waals surface area contributed by atoms with Gasteiger partial charge in [0.25, 0.3) is 0 Å². The summed E-state index contributed by atoms with van der Waals surface area (Å²) in [7, 11) is 4.13. The topological polar surface area (TPSA) is 44.8 Å². The molecule has 1 aliphatic carbocycles. The molecule has 2 rings (SSSR count). The van der Waals surface area contributed by atoms with Crippen molar-refractivity contribution in [3.63, 3.8) is 0 Å². The lowest BCUT2D eigenvalue weighted by atomic mass is 10.1. The number of amides is 1. The van der Waals surface area contributed by atoms with Gasteiger partial charge in [-0.25, -0.2) is 0 Å². The van der Waals surface area contributed by atoms with E-state index >= 15 is 0 Å². The van der Waals surface area contributed by atoms with Crippen molar-refractivity contribution >= 4 is 5.91 Å². The highest BCUT2D eigenvalue weighted by Crippen LogP contribution is 2.24. The Hall–Kier alpha value is -0.650. The molecule has 1 saturated heterocycles. The Morgan fingerprint density at radius 3 is 2.60 bits per heavy atom. The Kier molecular flexibility index (Phi) is 6.26. The van der Waals surface area contributed by atoms with E-state index in [1.54, 1.807) is 0 Å². The lowest BCUT2D eigenvalue weighted by molar-refractivity contribution is -0.134. The zero-order chi connectivity index (χ0) is 14.4. The van der Waals surface area contributed by atoms with Crippen molar-refractivity contribution in [1.29, 1.82) is 0 Å². The molecular formula is C15H29N3O2. The van der Waals surface area contributed by atoms with Crippen molar-refractivity contribution in [3.05, 3.63) is 0 Å². The minimum atomic E-state index is 0.194. The van der Waals surface area contributed by atoms with Gasteiger partial charge in [-0.3, -0.25) is 4.79 Å². The monoisotopic (exact) mass is 283 g/mol. The second-order valence-corrected chi connectivity index (χ2v) is 6.26. The van der Waals surface area contributed by atoms with E-state index in [0.717, 1.165) is 26.2 Å². The number of carbonyl (C=O) groups excluding carboxylic acids is 1. The van der Waals surface area contributed by atoms with Crippen LogP contribution in [0.4, 0.5) is 0 Å². The second-order valence-electron chi connectivity index (χ2n) is 6.26. The molecule has 1 N–H and O–H groups in total. The van der Waals surface area contributed by atoms with Crippen LogP contribution >= 0.6 is 0 Å². The SMILES string of the molecule is CN(C)CCN(C(=O)CC1COCCN1)C1CCCC1. The molecule has 1 saturated carbocycles. The number of ether oxygens (including phenoxy) is 1. The van der Waals surface area contributed by atoms with Crippen molar-refractivity contribution < 1.29 is 9.53 Å². The van der Waals surface area contributed by atoms with Crippen LogP contribution in [0.5, 0.6) is 0 Å². The molecule has 0 spiro atoms. The molecule has 1 aliphatic heterocycles. The van der Waals surface area contributed by atoms with Gasteiger partial charge in [0.2, 0.25) is 5.91 Å². The molecule has 0 aromatic rings. The average molecular weight is 283 g/mol. The van der Waals surface area contributed by atoms with Crippen LogP contribution in [-0.4, -0.2) is 74.7 Å². The van der Waals surface area contributed by atoms with Gasteiger partial charge in [0.15, 0.2) is 0 Å². The maximum atomic E-state index is 12.6. The van der Waals surface area contributed by atoms with E-state index in [1.807, 2.05) is 0 Å². The molecule has 0 aromatic carbocycles. The standard InChI is InChI=1S/C15H29N3O2/c1-17(2)8-9-18(14-5-3-4-6-14)15(19)11-13-12-20-10-7-16-13/h13-14,16H,3-12H2,1-2H3. The molecule has 1 heterocycles. The first-order chi connectivity index (χ1) is 9.66. The highest BCUT2D eigenvalue weighted by molar-refractivity contribution is 5.77. The summed E-state index contributed by atoms with van der Waals surface area (Å²) in [5.41, 5.74) is 0. The van der Waals surface area contributed by atoms with Crippen molar-refractivity contribution in [2.24, 2.45) is 0 Å². The van der Waals surface area contributed by atoms with Crippen LogP contribution in [0.15, 0.2) is 0 Å². The fourth-order valence-corrected chi connectivity index (χ4v) is 3.11. The van der Waals surface area contributed by atoms with Crippen LogP contribution in [-0.2, 0) is 9.53 Å². The van der Waals surface area contributed by atoms with Gasteiger partial charge in [-0.1, -0.05) is 12.8 Å². The molecule has 116 valence electrons. The van der Waals surface area contributed by atoms with Crippen molar-refractivity contribution in [2.45, 2.75) is 44.2 Å². The number of hydrogen-bond donors (Lipinski definition) is 1. The van der Waals surface area contributed by atoms with E-state index in [2.05, 4.69) is 29.2 Å². The Labute approximate surface area is 122 Å². The predicted octanol–water partition coefficient (Wildman–Crippen LogP) is 0.698. The van der Waals surface area contributed by atoms with E-state index in [0.29, 0.717) is 25.0 Å². The van der Waals surface area contributed by atoms with Crippen LogP contribution in [0, 0.1) is 0 Å². The number of nitrogens with one attached hydrogen (secondary N) is 1. The lowest BCUT2D eigenvalue weighted by Crippen LogP contribution is -2.48. The van der Waals surface area contributed by atoms with Gasteiger partial charge in [-0.15, -0.1) is 0 Å². The third kappa shape index (κ3) is 4.72. The number of rotatable bonds is 6. The summed E-state index contributed by atoms with van der Waals surface area (Å²) in [5, 5.41) is 3.38. The molecule has 1 unspecified atom stereocenters. The molecule has 2 fully saturated rings. The molecule has 1 amide bonds. The molecular weight excluding hydrogens is 254 g/mol. The molecule has 0 aromatic heterocycles. The van der Waals surface area contributed by atoms with Gasteiger partial charge in [-0.05, 0) is 26.9 Å². The molecule has 1 atom stereocenters. The lowest BCUT2D eigenvalue weighted by Gasteiger charge is -2.32. The minimum absolute atomic E-state index is 0.194. The Morgan fingerprint density at radius 2 is 2.00 bits per heavy atom.